The number of amides is 2. The fourth-order valence-corrected chi connectivity index (χ4v) is 5.05. The van der Waals surface area contributed by atoms with Crippen molar-refractivity contribution in [3.05, 3.63) is 76.9 Å². The highest BCUT2D eigenvalue weighted by Gasteiger charge is 2.33. The summed E-state index contributed by atoms with van der Waals surface area (Å²) in [6.45, 7) is 1.62. The fraction of sp³-hybridized carbons (Fsp3) is 0.333. The minimum Gasteiger partial charge on any atom is -0.507 e. The van der Waals surface area contributed by atoms with E-state index >= 15 is 0 Å². The first-order chi connectivity index (χ1) is 19.0. The highest BCUT2D eigenvalue weighted by atomic mass is 16.5. The van der Waals surface area contributed by atoms with Crippen molar-refractivity contribution in [1.29, 1.82) is 0 Å². The summed E-state index contributed by atoms with van der Waals surface area (Å²) in [5.41, 5.74) is 3.01. The lowest BCUT2D eigenvalue weighted by Crippen LogP contribution is -2.41. The number of benzene rings is 3. The van der Waals surface area contributed by atoms with Crippen LogP contribution in [0, 0.1) is 0 Å². The summed E-state index contributed by atoms with van der Waals surface area (Å²) in [4.78, 5) is 27.9. The third-order valence-electron chi connectivity index (χ3n) is 6.98. The van der Waals surface area contributed by atoms with Crippen molar-refractivity contribution in [3.63, 3.8) is 0 Å². The lowest BCUT2D eigenvalue weighted by molar-refractivity contribution is -0.134. The molecule has 0 fully saturated rings. The summed E-state index contributed by atoms with van der Waals surface area (Å²) in [5.74, 6) is 1.49. The molecule has 0 saturated carbocycles. The second kappa shape index (κ2) is 11.7. The molecule has 8 bridgehead atoms. The first-order valence-electron chi connectivity index (χ1n) is 13.0. The molecule has 1 unspecified atom stereocenters. The third-order valence-corrected chi connectivity index (χ3v) is 6.98. The standard InChI is InChI=1S/C30H32N2O7/c1-36-14-10-28(34)32-12-9-19-16-27-26(37-2)18-23(19)29(32)20-5-3-6-21(15-20)38-13-4-11-31-30(35)24-17-22(39-27)7-8-25(24)33/h3,5-8,15-18,29,33H,4,9-14H2,1-2H3,(H,31,35). The Kier molecular flexibility index (Phi) is 7.88. The van der Waals surface area contributed by atoms with Crippen molar-refractivity contribution in [2.45, 2.75) is 25.3 Å². The topological polar surface area (TPSA) is 107 Å². The molecule has 1 atom stereocenters. The Morgan fingerprint density at radius 2 is 2.00 bits per heavy atom. The number of phenolic OH excluding ortho intramolecular Hbond substituents is 1. The summed E-state index contributed by atoms with van der Waals surface area (Å²) >= 11 is 0. The van der Waals surface area contributed by atoms with Gasteiger partial charge in [-0.15, -0.1) is 0 Å². The number of phenols is 1. The van der Waals surface area contributed by atoms with Gasteiger partial charge in [0.1, 0.15) is 17.2 Å². The van der Waals surface area contributed by atoms with E-state index in [0.29, 0.717) is 62.1 Å². The lowest BCUT2D eigenvalue weighted by atomic mass is 9.87. The predicted molar refractivity (Wildman–Crippen MR) is 144 cm³/mol. The number of hydrogen-bond acceptors (Lipinski definition) is 7. The van der Waals surface area contributed by atoms with Gasteiger partial charge in [0.15, 0.2) is 11.5 Å². The van der Waals surface area contributed by atoms with Crippen LogP contribution in [-0.2, 0) is 16.0 Å². The number of carbonyl (C=O) groups excluding carboxylic acids is 2. The molecule has 3 heterocycles. The molecule has 3 aromatic carbocycles. The van der Waals surface area contributed by atoms with E-state index in [1.165, 1.54) is 12.1 Å². The van der Waals surface area contributed by atoms with Crippen LogP contribution >= 0.6 is 0 Å². The Morgan fingerprint density at radius 3 is 2.82 bits per heavy atom. The minimum atomic E-state index is -0.403. The quantitative estimate of drug-likeness (QED) is 0.518. The van der Waals surface area contributed by atoms with Crippen LogP contribution in [0.5, 0.6) is 28.7 Å². The van der Waals surface area contributed by atoms with Gasteiger partial charge in [-0.2, -0.15) is 0 Å². The van der Waals surface area contributed by atoms with Crippen LogP contribution in [0.1, 0.15) is 45.9 Å². The van der Waals surface area contributed by atoms with E-state index in [4.69, 9.17) is 18.9 Å². The summed E-state index contributed by atoms with van der Waals surface area (Å²) in [6, 6.07) is 15.8. The number of ether oxygens (including phenoxy) is 4. The van der Waals surface area contributed by atoms with Crippen LogP contribution in [-0.4, -0.2) is 62.3 Å². The molecule has 3 aliphatic rings. The number of rotatable bonds is 4. The first-order valence-corrected chi connectivity index (χ1v) is 13.0. The monoisotopic (exact) mass is 532 g/mol. The molecule has 0 radical (unpaired) electrons. The number of carbonyl (C=O) groups is 2. The molecule has 0 aliphatic carbocycles. The second-order valence-corrected chi connectivity index (χ2v) is 9.50. The van der Waals surface area contributed by atoms with Crippen molar-refractivity contribution >= 4 is 11.8 Å². The zero-order chi connectivity index (χ0) is 27.4. The van der Waals surface area contributed by atoms with E-state index < -0.39 is 5.91 Å². The molecule has 2 amide bonds. The van der Waals surface area contributed by atoms with Gasteiger partial charge in [-0.05, 0) is 72.0 Å². The summed E-state index contributed by atoms with van der Waals surface area (Å²) in [6.07, 6.45) is 1.48. The molecule has 0 saturated heterocycles. The molecule has 2 N–H and O–H groups in total. The van der Waals surface area contributed by atoms with Gasteiger partial charge in [0.2, 0.25) is 5.91 Å². The van der Waals surface area contributed by atoms with E-state index in [2.05, 4.69) is 5.32 Å². The van der Waals surface area contributed by atoms with Gasteiger partial charge in [0.05, 0.1) is 38.3 Å². The molecular formula is C30H32N2O7. The molecule has 0 spiro atoms. The summed E-state index contributed by atoms with van der Waals surface area (Å²) in [5, 5.41) is 13.1. The number of nitrogens with zero attached hydrogens (tertiary/aromatic N) is 1. The predicted octanol–water partition coefficient (Wildman–Crippen LogP) is 4.22. The van der Waals surface area contributed by atoms with Gasteiger partial charge in [0.25, 0.3) is 5.91 Å². The Bertz CT molecular complexity index is 1370. The maximum absolute atomic E-state index is 13.3. The highest BCUT2D eigenvalue weighted by Crippen LogP contribution is 2.43. The summed E-state index contributed by atoms with van der Waals surface area (Å²) in [7, 11) is 3.15. The van der Waals surface area contributed by atoms with Crippen LogP contribution in [0.2, 0.25) is 0 Å². The average Bonchev–Trinajstić information content (AvgIpc) is 2.95. The van der Waals surface area contributed by atoms with Gasteiger partial charge >= 0.3 is 0 Å². The van der Waals surface area contributed by atoms with Crippen molar-refractivity contribution < 1.29 is 33.6 Å². The smallest absolute Gasteiger partial charge is 0.255 e. The van der Waals surface area contributed by atoms with Crippen LogP contribution in [0.15, 0.2) is 54.6 Å². The van der Waals surface area contributed by atoms with E-state index in [1.54, 1.807) is 20.3 Å². The third kappa shape index (κ3) is 5.63. The van der Waals surface area contributed by atoms with Crippen LogP contribution < -0.4 is 19.5 Å². The van der Waals surface area contributed by atoms with Crippen LogP contribution in [0.25, 0.3) is 0 Å². The first kappa shape index (κ1) is 26.4. The largest absolute Gasteiger partial charge is 0.507 e. The molecule has 39 heavy (non-hydrogen) atoms. The highest BCUT2D eigenvalue weighted by molar-refractivity contribution is 5.97. The zero-order valence-corrected chi connectivity index (χ0v) is 22.1. The number of aromatic hydroxyl groups is 1. The van der Waals surface area contributed by atoms with Gasteiger partial charge < -0.3 is 34.3 Å². The second-order valence-electron chi connectivity index (χ2n) is 9.50. The van der Waals surface area contributed by atoms with E-state index in [-0.39, 0.29) is 29.7 Å². The summed E-state index contributed by atoms with van der Waals surface area (Å²) < 4.78 is 23.1. The van der Waals surface area contributed by atoms with Crippen molar-refractivity contribution in [2.75, 3.05) is 40.5 Å². The molecule has 3 aliphatic heterocycles. The Hall–Kier alpha value is -4.24. The molecular weight excluding hydrogens is 500 g/mol. The number of fused-ring (bicyclic) bond motifs is 6. The molecule has 6 rings (SSSR count). The van der Waals surface area contributed by atoms with Gasteiger partial charge in [-0.25, -0.2) is 0 Å². The fourth-order valence-electron chi connectivity index (χ4n) is 5.05. The molecule has 0 aromatic heterocycles. The Balaban J connectivity index is 1.63. The van der Waals surface area contributed by atoms with Gasteiger partial charge in [0, 0.05) is 20.2 Å². The van der Waals surface area contributed by atoms with Crippen molar-refractivity contribution in [1.82, 2.24) is 10.2 Å². The normalized spacial score (nSPS) is 16.8. The maximum atomic E-state index is 13.3. The van der Waals surface area contributed by atoms with E-state index in [1.807, 2.05) is 41.3 Å². The molecule has 9 nitrogen and oxygen atoms in total. The molecule has 9 heteroatoms. The number of methoxy groups -OCH3 is 2. The van der Waals surface area contributed by atoms with E-state index in [9.17, 15) is 14.7 Å². The van der Waals surface area contributed by atoms with E-state index in [0.717, 1.165) is 16.7 Å². The van der Waals surface area contributed by atoms with Gasteiger partial charge in [-0.1, -0.05) is 12.1 Å². The Morgan fingerprint density at radius 1 is 1.13 bits per heavy atom. The SMILES string of the molecule is COCCC(=O)N1CCc2cc3c(OC)cc2C1c1cccc(c1)OCCCNC(=O)c1cc(ccc1O)O3. The van der Waals surface area contributed by atoms with Crippen molar-refractivity contribution in [2.24, 2.45) is 0 Å². The van der Waals surface area contributed by atoms with Crippen molar-refractivity contribution in [3.8, 4) is 28.7 Å². The number of nitrogens with one attached hydrogen (secondary N) is 1. The van der Waals surface area contributed by atoms with Crippen LogP contribution in [0.4, 0.5) is 0 Å². The van der Waals surface area contributed by atoms with Gasteiger partial charge in [-0.3, -0.25) is 9.59 Å². The Labute approximate surface area is 227 Å². The molecule has 204 valence electrons. The maximum Gasteiger partial charge on any atom is 0.255 e. The molecule has 3 aromatic rings. The zero-order valence-electron chi connectivity index (χ0n) is 22.1. The average molecular weight is 533 g/mol. The lowest BCUT2D eigenvalue weighted by Gasteiger charge is -2.38. The number of hydrogen-bond donors (Lipinski definition) is 2. The minimum absolute atomic E-state index is 0.00706. The van der Waals surface area contributed by atoms with Crippen LogP contribution in [0.3, 0.4) is 0 Å².